The minimum atomic E-state index is -1.27. The van der Waals surface area contributed by atoms with E-state index in [1.807, 2.05) is 0 Å². The number of carbonyl (C=O) groups is 6. The molecule has 1 aromatic carbocycles. The number of anilines is 2. The fourth-order valence-corrected chi connectivity index (χ4v) is 12.5. The Morgan fingerprint density at radius 1 is 0.776 bits per heavy atom. The highest BCUT2D eigenvalue weighted by atomic mass is 32.1. The summed E-state index contributed by atoms with van der Waals surface area (Å²) in [5.41, 5.74) is 8.09. The second kappa shape index (κ2) is 24.1. The molecule has 9 N–H and O–H groups in total. The largest absolute Gasteiger partial charge is 0.449 e. The molecule has 0 spiro atoms. The van der Waals surface area contributed by atoms with Crippen LogP contribution in [0.1, 0.15) is 87.8 Å². The summed E-state index contributed by atoms with van der Waals surface area (Å²) in [6, 6.07) is 10.2. The number of aromatic nitrogens is 7. The van der Waals surface area contributed by atoms with Gasteiger partial charge in [-0.3, -0.25) is 34.6 Å². The SMILES string of the molecule is CNC(=O)C[C@@H]1NC(=O)c2csc(n2)-c2ccc(-c3nc(NC(=O)OCCCN)cs3)nc2-c2csc(n2)-c2csc(n2)[C@H]([C@@H](O)c2ccccc2)NC(=O)CNC(=O)c2nc(sc2COC)NC(=O)c2nc1sc2C. The van der Waals surface area contributed by atoms with Gasteiger partial charge in [-0.2, -0.15) is 0 Å². The maximum atomic E-state index is 14.1. The first kappa shape index (κ1) is 53.5. The number of hydrogen-bond acceptors (Lipinski definition) is 23. The fourth-order valence-electron chi connectivity index (χ4n) is 7.37. The number of rotatable bonds is 11. The fraction of sp³-hybridized carbons (Fsp3) is 0.255. The highest BCUT2D eigenvalue weighted by Gasteiger charge is 2.31. The second-order valence-corrected chi connectivity index (χ2v) is 22.1. The Hall–Kier alpha value is -7.35. The van der Waals surface area contributed by atoms with Gasteiger partial charge in [-0.15, -0.1) is 56.7 Å². The van der Waals surface area contributed by atoms with Crippen molar-refractivity contribution in [2.45, 2.75) is 44.6 Å². The third kappa shape index (κ3) is 12.3. The lowest BCUT2D eigenvalue weighted by atomic mass is 10.0. The van der Waals surface area contributed by atoms with E-state index < -0.39 is 60.4 Å². The number of pyridine rings is 1. The van der Waals surface area contributed by atoms with Crippen molar-refractivity contribution >= 4 is 115 Å². The molecule has 1 aliphatic heterocycles. The molecule has 8 heterocycles. The van der Waals surface area contributed by atoms with E-state index in [4.69, 9.17) is 35.1 Å². The van der Waals surface area contributed by atoms with Crippen LogP contribution in [0.15, 0.2) is 64.0 Å². The predicted octanol–water partition coefficient (Wildman–Crippen LogP) is 6.33. The van der Waals surface area contributed by atoms with E-state index in [1.54, 1.807) is 70.9 Å². The predicted molar refractivity (Wildman–Crippen MR) is 288 cm³/mol. The van der Waals surface area contributed by atoms with Gasteiger partial charge in [-0.05, 0) is 37.6 Å². The van der Waals surface area contributed by atoms with Gasteiger partial charge >= 0.3 is 6.09 Å². The zero-order valence-corrected chi connectivity index (χ0v) is 45.1. The molecule has 1 aliphatic rings. The molecule has 23 nitrogen and oxygen atoms in total. The molecule has 9 rings (SSSR count). The summed E-state index contributed by atoms with van der Waals surface area (Å²) in [5.74, 6) is -2.84. The first-order chi connectivity index (χ1) is 36.8. The van der Waals surface area contributed by atoms with Crippen molar-refractivity contribution in [1.82, 2.24) is 56.2 Å². The summed E-state index contributed by atoms with van der Waals surface area (Å²) < 4.78 is 10.5. The van der Waals surface area contributed by atoms with Crippen molar-refractivity contribution in [3.8, 4) is 43.4 Å². The monoisotopic (exact) mass is 1140 g/mol. The Morgan fingerprint density at radius 2 is 1.53 bits per heavy atom. The molecule has 76 heavy (non-hydrogen) atoms. The number of nitrogens with one attached hydrogen (secondary N) is 6. The number of hydrogen-bond donors (Lipinski definition) is 8. The number of ether oxygens (including phenoxy) is 2. The molecule has 29 heteroatoms. The summed E-state index contributed by atoms with van der Waals surface area (Å²) in [7, 11) is 2.89. The molecule has 8 aromatic rings. The molecule has 0 radical (unpaired) electrons. The third-order valence-corrected chi connectivity index (χ3v) is 16.6. The number of methoxy groups -OCH3 is 1. The Morgan fingerprint density at radius 3 is 2.32 bits per heavy atom. The van der Waals surface area contributed by atoms with Crippen LogP contribution < -0.4 is 37.6 Å². The first-order valence-electron chi connectivity index (χ1n) is 22.9. The molecule has 0 aliphatic carbocycles. The molecule has 392 valence electrons. The summed E-state index contributed by atoms with van der Waals surface area (Å²) in [4.78, 5) is 115. The summed E-state index contributed by atoms with van der Waals surface area (Å²) >= 11 is 6.94. The molecular weight excluding hydrogens is 1100 g/mol. The minimum Gasteiger partial charge on any atom is -0.449 e. The number of aliphatic hydroxyl groups is 1. The van der Waals surface area contributed by atoms with Crippen molar-refractivity contribution in [3.05, 3.63) is 106 Å². The van der Waals surface area contributed by atoms with Gasteiger partial charge in [0.2, 0.25) is 11.8 Å². The number of nitrogens with zero attached hydrogens (tertiary/aromatic N) is 7. The normalized spacial score (nSPS) is 15.5. The van der Waals surface area contributed by atoms with Crippen molar-refractivity contribution in [1.29, 1.82) is 0 Å². The quantitative estimate of drug-likeness (QED) is 0.0655. The molecule has 0 saturated heterocycles. The van der Waals surface area contributed by atoms with E-state index in [0.29, 0.717) is 76.7 Å². The standard InChI is InChI=1S/C47H44N14O9S6/c1-21-33-40(67)61-46-60-35(29(76-46)16-69-3)39(66)50-15-32(63)58-36(37(64)22-8-5-4-6-9-22)45-55-28(19-73-45)43-53-26(17-72-43)34-23(10-11-24(51-34)42-56-30(20-74-42)57-47(68)70-13-7-12-48)41-54-27(18-71-41)38(65)52-25(14-31(62)49-2)44(59-33)75-21/h4-6,8-11,17-20,25,36-37,64H,7,12-16,48H2,1-3H3,(H,49,62)(H,50,66)(H,52,65)(H,57,68)(H,58,63)(H,60,61,67)/t25-,36-,37-/m0/s1. The summed E-state index contributed by atoms with van der Waals surface area (Å²) in [6.45, 7) is 1.60. The number of nitrogens with two attached hydrogens (primary N) is 1. The van der Waals surface area contributed by atoms with Gasteiger partial charge < -0.3 is 41.6 Å². The van der Waals surface area contributed by atoms with Crippen LogP contribution in [0, 0.1) is 6.92 Å². The molecule has 0 saturated carbocycles. The van der Waals surface area contributed by atoms with Gasteiger partial charge in [0.1, 0.15) is 77.2 Å². The van der Waals surface area contributed by atoms with Crippen LogP contribution >= 0.6 is 68.0 Å². The number of thiazole rings is 6. The van der Waals surface area contributed by atoms with Gasteiger partial charge in [0.05, 0.1) is 42.8 Å². The molecular formula is C47H44N14O9S6. The molecule has 7 aromatic heterocycles. The average Bonchev–Trinajstić information content (AvgIpc) is 4.31. The minimum absolute atomic E-state index is 0.00856. The number of aliphatic hydroxyl groups excluding tert-OH is 1. The van der Waals surface area contributed by atoms with Gasteiger partial charge in [-0.25, -0.2) is 39.7 Å². The van der Waals surface area contributed by atoms with Crippen molar-refractivity contribution in [2.75, 3.05) is 44.5 Å². The number of aryl methyl sites for hydroxylation is 1. The lowest BCUT2D eigenvalue weighted by Crippen LogP contribution is -2.40. The lowest BCUT2D eigenvalue weighted by Gasteiger charge is -2.23. The molecule has 0 fully saturated rings. The van der Waals surface area contributed by atoms with E-state index in [0.717, 1.165) is 22.7 Å². The number of benzene rings is 1. The summed E-state index contributed by atoms with van der Waals surface area (Å²) in [6.07, 6.45) is -1.68. The van der Waals surface area contributed by atoms with Gasteiger partial charge in [0.25, 0.3) is 17.7 Å². The highest BCUT2D eigenvalue weighted by molar-refractivity contribution is 7.16. The van der Waals surface area contributed by atoms with Crippen LogP contribution in [-0.2, 0) is 25.7 Å². The average molecular weight is 1140 g/mol. The van der Waals surface area contributed by atoms with Gasteiger partial charge in [0, 0.05) is 46.1 Å². The van der Waals surface area contributed by atoms with Crippen molar-refractivity contribution < 1.29 is 43.3 Å². The van der Waals surface area contributed by atoms with Crippen molar-refractivity contribution in [3.63, 3.8) is 0 Å². The van der Waals surface area contributed by atoms with Crippen LogP contribution in [-0.4, -0.2) is 109 Å². The van der Waals surface area contributed by atoms with E-state index in [9.17, 15) is 33.9 Å². The Kier molecular flexibility index (Phi) is 17.0. The third-order valence-electron chi connectivity index (χ3n) is 11.0. The van der Waals surface area contributed by atoms with E-state index in [1.165, 1.54) is 59.5 Å². The van der Waals surface area contributed by atoms with Crippen LogP contribution in [0.2, 0.25) is 0 Å². The Bertz CT molecular complexity index is 3440. The van der Waals surface area contributed by atoms with Crippen LogP contribution in [0.3, 0.4) is 0 Å². The van der Waals surface area contributed by atoms with Gasteiger partial charge in [0.15, 0.2) is 5.13 Å². The molecule has 6 amide bonds. The Labute approximate surface area is 455 Å². The van der Waals surface area contributed by atoms with Crippen molar-refractivity contribution in [2.24, 2.45) is 5.73 Å². The zero-order valence-electron chi connectivity index (χ0n) is 40.2. The van der Waals surface area contributed by atoms with Crippen LogP contribution in [0.5, 0.6) is 0 Å². The smallest absolute Gasteiger partial charge is 0.412 e. The maximum Gasteiger partial charge on any atom is 0.412 e. The highest BCUT2D eigenvalue weighted by Crippen LogP contribution is 2.40. The van der Waals surface area contributed by atoms with Crippen LogP contribution in [0.25, 0.3) is 43.4 Å². The zero-order chi connectivity index (χ0) is 53.5. The van der Waals surface area contributed by atoms with E-state index >= 15 is 0 Å². The number of amides is 6. The lowest BCUT2D eigenvalue weighted by molar-refractivity contribution is -0.122. The summed E-state index contributed by atoms with van der Waals surface area (Å²) in [5, 5.41) is 36.7. The van der Waals surface area contributed by atoms with Crippen LogP contribution in [0.4, 0.5) is 15.7 Å². The molecule has 0 unspecified atom stereocenters. The van der Waals surface area contributed by atoms with E-state index in [-0.39, 0.29) is 52.7 Å². The van der Waals surface area contributed by atoms with Gasteiger partial charge in [-0.1, -0.05) is 41.7 Å². The first-order valence-corrected chi connectivity index (χ1v) is 28.0. The molecule has 10 bridgehead atoms. The Balaban J connectivity index is 1.11. The second-order valence-electron chi connectivity index (χ2n) is 16.3. The maximum absolute atomic E-state index is 14.1. The number of fused-ring (bicyclic) bond motifs is 14. The van der Waals surface area contributed by atoms with E-state index in [2.05, 4.69) is 46.9 Å². The topological polar surface area (TPSA) is 330 Å². The number of carbonyl (C=O) groups excluding carboxylic acids is 6. The molecule has 3 atom stereocenters.